The van der Waals surface area contributed by atoms with Gasteiger partial charge < -0.3 is 15.5 Å². The predicted molar refractivity (Wildman–Crippen MR) is 68.2 cm³/mol. The number of hydrogen-bond acceptors (Lipinski definition) is 4. The zero-order valence-corrected chi connectivity index (χ0v) is 9.72. The van der Waals surface area contributed by atoms with Crippen LogP contribution in [0.5, 0.6) is 5.75 Å². The first-order valence-corrected chi connectivity index (χ1v) is 5.51. The molecule has 6 nitrogen and oxygen atoms in total. The first-order chi connectivity index (χ1) is 8.74. The standard InChI is InChI=1S/C12H14N4O2/c13-9-2-1-3-10(8-9)18-7-4-11(17)16-12-14-5-6-15-12/h1-3,5-6,8H,4,7,13H2,(H2,14,15,16,17). The van der Waals surface area contributed by atoms with E-state index in [1.807, 2.05) is 0 Å². The molecule has 1 aromatic heterocycles. The number of carbonyl (C=O) groups excluding carboxylic acids is 1. The van der Waals surface area contributed by atoms with Crippen LogP contribution in [0.3, 0.4) is 0 Å². The molecule has 0 saturated heterocycles. The van der Waals surface area contributed by atoms with Gasteiger partial charge >= 0.3 is 0 Å². The van der Waals surface area contributed by atoms with Gasteiger partial charge in [-0.1, -0.05) is 6.07 Å². The number of ether oxygens (including phenoxy) is 1. The molecular weight excluding hydrogens is 232 g/mol. The first-order valence-electron chi connectivity index (χ1n) is 5.51. The number of H-pyrrole nitrogens is 1. The van der Waals surface area contributed by atoms with Crippen LogP contribution in [0.1, 0.15) is 6.42 Å². The van der Waals surface area contributed by atoms with E-state index in [-0.39, 0.29) is 18.9 Å². The lowest BCUT2D eigenvalue weighted by Gasteiger charge is -2.06. The number of aromatic amines is 1. The Balaban J connectivity index is 1.73. The number of hydrogen-bond donors (Lipinski definition) is 3. The van der Waals surface area contributed by atoms with Crippen LogP contribution < -0.4 is 15.8 Å². The minimum absolute atomic E-state index is 0.158. The maximum atomic E-state index is 11.5. The largest absolute Gasteiger partial charge is 0.493 e. The third-order valence-electron chi connectivity index (χ3n) is 2.21. The number of nitrogens with zero attached hydrogens (tertiary/aromatic N) is 1. The van der Waals surface area contributed by atoms with Crippen LogP contribution >= 0.6 is 0 Å². The lowest BCUT2D eigenvalue weighted by Crippen LogP contribution is -2.16. The molecule has 6 heteroatoms. The van der Waals surface area contributed by atoms with Crippen LogP contribution in [-0.2, 0) is 4.79 Å². The highest BCUT2D eigenvalue weighted by atomic mass is 16.5. The number of anilines is 2. The summed E-state index contributed by atoms with van der Waals surface area (Å²) in [7, 11) is 0. The lowest BCUT2D eigenvalue weighted by atomic mass is 10.3. The third kappa shape index (κ3) is 3.51. The molecule has 94 valence electrons. The molecule has 0 saturated carbocycles. The molecule has 0 unspecified atom stereocenters. The second kappa shape index (κ2) is 5.72. The molecule has 0 aliphatic carbocycles. The summed E-state index contributed by atoms with van der Waals surface area (Å²) < 4.78 is 5.41. The van der Waals surface area contributed by atoms with Crippen LogP contribution in [0.15, 0.2) is 36.7 Å². The van der Waals surface area contributed by atoms with Crippen LogP contribution in [0, 0.1) is 0 Å². The molecule has 0 fully saturated rings. The van der Waals surface area contributed by atoms with Crippen molar-refractivity contribution in [2.45, 2.75) is 6.42 Å². The molecule has 0 aliphatic heterocycles. The van der Waals surface area contributed by atoms with Crippen LogP contribution in [0.2, 0.25) is 0 Å². The monoisotopic (exact) mass is 246 g/mol. The Morgan fingerprint density at radius 3 is 3.11 bits per heavy atom. The normalized spacial score (nSPS) is 10.0. The fourth-order valence-electron chi connectivity index (χ4n) is 1.39. The second-order valence-corrected chi connectivity index (χ2v) is 3.66. The molecule has 1 heterocycles. The molecule has 0 radical (unpaired) electrons. The summed E-state index contributed by atoms with van der Waals surface area (Å²) in [5.74, 6) is 0.929. The average Bonchev–Trinajstić information content (AvgIpc) is 2.82. The van der Waals surface area contributed by atoms with E-state index in [2.05, 4.69) is 15.3 Å². The van der Waals surface area contributed by atoms with E-state index in [1.54, 1.807) is 36.7 Å². The molecule has 4 N–H and O–H groups in total. The number of rotatable bonds is 5. The average molecular weight is 246 g/mol. The van der Waals surface area contributed by atoms with Crippen molar-refractivity contribution in [1.82, 2.24) is 9.97 Å². The maximum Gasteiger partial charge on any atom is 0.230 e. The molecule has 0 aliphatic rings. The van der Waals surface area contributed by atoms with Gasteiger partial charge in [0, 0.05) is 24.1 Å². The van der Waals surface area contributed by atoms with Crippen molar-refractivity contribution in [3.8, 4) is 5.75 Å². The van der Waals surface area contributed by atoms with Gasteiger partial charge in [-0.2, -0.15) is 0 Å². The van der Waals surface area contributed by atoms with Crippen LogP contribution in [0.4, 0.5) is 11.6 Å². The van der Waals surface area contributed by atoms with Crippen molar-refractivity contribution in [2.75, 3.05) is 17.7 Å². The van der Waals surface area contributed by atoms with Gasteiger partial charge in [-0.15, -0.1) is 0 Å². The summed E-state index contributed by atoms with van der Waals surface area (Å²) in [6.45, 7) is 0.288. The molecular formula is C12H14N4O2. The summed E-state index contributed by atoms with van der Waals surface area (Å²) in [5, 5.41) is 2.61. The Labute approximate surface area is 104 Å². The van der Waals surface area contributed by atoms with Crippen molar-refractivity contribution in [2.24, 2.45) is 0 Å². The SMILES string of the molecule is Nc1cccc(OCCC(=O)Nc2ncc[nH]2)c1. The van der Waals surface area contributed by atoms with Crippen LogP contribution in [0.25, 0.3) is 0 Å². The smallest absolute Gasteiger partial charge is 0.230 e. The third-order valence-corrected chi connectivity index (χ3v) is 2.21. The Kier molecular flexibility index (Phi) is 3.80. The number of imidazole rings is 1. The van der Waals surface area contributed by atoms with Gasteiger partial charge in [0.15, 0.2) is 0 Å². The fraction of sp³-hybridized carbons (Fsp3) is 0.167. The van der Waals surface area contributed by atoms with E-state index in [4.69, 9.17) is 10.5 Å². The number of nitrogens with one attached hydrogen (secondary N) is 2. The van der Waals surface area contributed by atoms with E-state index >= 15 is 0 Å². The van der Waals surface area contributed by atoms with E-state index < -0.39 is 0 Å². The van der Waals surface area contributed by atoms with Crippen molar-refractivity contribution < 1.29 is 9.53 Å². The Bertz CT molecular complexity index is 511. The number of benzene rings is 1. The van der Waals surface area contributed by atoms with Gasteiger partial charge in [0.25, 0.3) is 0 Å². The molecule has 0 bridgehead atoms. The summed E-state index contributed by atoms with van der Waals surface area (Å²) in [6, 6.07) is 7.08. The fourth-order valence-corrected chi connectivity index (χ4v) is 1.39. The van der Waals surface area contributed by atoms with Crippen molar-refractivity contribution >= 4 is 17.5 Å². The van der Waals surface area contributed by atoms with Gasteiger partial charge in [-0.3, -0.25) is 10.1 Å². The number of carbonyl (C=O) groups is 1. The lowest BCUT2D eigenvalue weighted by molar-refractivity contribution is -0.116. The van der Waals surface area contributed by atoms with Gasteiger partial charge in [0.05, 0.1) is 13.0 Å². The summed E-state index contributed by atoms with van der Waals surface area (Å²) >= 11 is 0. The number of aromatic nitrogens is 2. The summed E-state index contributed by atoms with van der Waals surface area (Å²) in [4.78, 5) is 18.2. The molecule has 2 rings (SSSR count). The highest BCUT2D eigenvalue weighted by molar-refractivity contribution is 5.88. The molecule has 0 spiro atoms. The predicted octanol–water partition coefficient (Wildman–Crippen LogP) is 1.40. The van der Waals surface area contributed by atoms with Crippen molar-refractivity contribution in [3.05, 3.63) is 36.7 Å². The van der Waals surface area contributed by atoms with Gasteiger partial charge in [0.2, 0.25) is 11.9 Å². The Hall–Kier alpha value is -2.50. The molecule has 1 aromatic carbocycles. The van der Waals surface area contributed by atoms with E-state index in [0.29, 0.717) is 17.4 Å². The minimum Gasteiger partial charge on any atom is -0.493 e. The maximum absolute atomic E-state index is 11.5. The van der Waals surface area contributed by atoms with Gasteiger partial charge in [-0.25, -0.2) is 4.98 Å². The van der Waals surface area contributed by atoms with Crippen LogP contribution in [-0.4, -0.2) is 22.5 Å². The molecule has 18 heavy (non-hydrogen) atoms. The first kappa shape index (κ1) is 12.0. The molecule has 1 amide bonds. The zero-order valence-electron chi connectivity index (χ0n) is 9.72. The van der Waals surface area contributed by atoms with E-state index in [1.165, 1.54) is 0 Å². The number of nitrogen functional groups attached to an aromatic ring is 1. The molecule has 2 aromatic rings. The highest BCUT2D eigenvalue weighted by Crippen LogP contribution is 2.14. The highest BCUT2D eigenvalue weighted by Gasteiger charge is 2.04. The quantitative estimate of drug-likeness (QED) is 0.695. The number of amides is 1. The molecule has 0 atom stereocenters. The second-order valence-electron chi connectivity index (χ2n) is 3.66. The summed E-state index contributed by atoms with van der Waals surface area (Å²) in [6.07, 6.45) is 3.45. The minimum atomic E-state index is -0.158. The van der Waals surface area contributed by atoms with E-state index in [0.717, 1.165) is 0 Å². The number of nitrogens with two attached hydrogens (primary N) is 1. The summed E-state index contributed by atoms with van der Waals surface area (Å²) in [5.41, 5.74) is 6.24. The van der Waals surface area contributed by atoms with Gasteiger partial charge in [0.1, 0.15) is 5.75 Å². The Morgan fingerprint density at radius 1 is 1.50 bits per heavy atom. The van der Waals surface area contributed by atoms with Crippen molar-refractivity contribution in [1.29, 1.82) is 0 Å². The van der Waals surface area contributed by atoms with E-state index in [9.17, 15) is 4.79 Å². The van der Waals surface area contributed by atoms with Crippen molar-refractivity contribution in [3.63, 3.8) is 0 Å². The Morgan fingerprint density at radius 2 is 2.39 bits per heavy atom. The van der Waals surface area contributed by atoms with Gasteiger partial charge in [-0.05, 0) is 12.1 Å². The topological polar surface area (TPSA) is 93.0 Å². The zero-order chi connectivity index (χ0) is 12.8.